The summed E-state index contributed by atoms with van der Waals surface area (Å²) in [6.07, 6.45) is 0. The van der Waals surface area contributed by atoms with E-state index in [1.807, 2.05) is 0 Å². The van der Waals surface area contributed by atoms with Crippen LogP contribution in [0.25, 0.3) is 0 Å². The van der Waals surface area contributed by atoms with E-state index in [0.29, 0.717) is 0 Å². The van der Waals surface area contributed by atoms with Crippen molar-refractivity contribution in [1.29, 1.82) is 0 Å². The molecule has 0 bridgehead atoms. The molecule has 0 aromatic heterocycles. The fraction of sp³-hybridized carbons (Fsp3) is 1.00. The molecule has 0 aliphatic carbocycles. The maximum absolute atomic E-state index is 9.52. The van der Waals surface area contributed by atoms with E-state index in [4.69, 9.17) is 5.73 Å². The Morgan fingerprint density at radius 2 is 2.00 bits per heavy atom. The molecule has 0 saturated carbocycles. The van der Waals surface area contributed by atoms with Gasteiger partial charge in [0, 0.05) is 6.54 Å². The van der Waals surface area contributed by atoms with Crippen LogP contribution < -0.4 is 5.73 Å². The maximum atomic E-state index is 9.52. The quantitative estimate of drug-likeness (QED) is 0.405. The summed E-state index contributed by atoms with van der Waals surface area (Å²) in [7, 11) is -2.69. The van der Waals surface area contributed by atoms with Gasteiger partial charge in [-0.15, -0.1) is 0 Å². The zero-order valence-corrected chi connectivity index (χ0v) is 4.56. The molecule has 0 rings (SSSR count). The number of nitrogens with two attached hydrogens (primary N) is 1. The first kappa shape index (κ1) is 12.1. The molecule has 48 valence electrons. The Morgan fingerprint density at radius 3 is 2.12 bits per heavy atom. The van der Waals surface area contributed by atoms with Crippen LogP contribution in [0.2, 0.25) is 0 Å². The van der Waals surface area contributed by atoms with Crippen molar-refractivity contribution in [3.63, 3.8) is 0 Å². The molecule has 0 amide bonds. The second kappa shape index (κ2) is 8.35. The van der Waals surface area contributed by atoms with Crippen LogP contribution in [0.1, 0.15) is 0 Å². The third-order valence-electron chi connectivity index (χ3n) is 0.315. The second-order valence-corrected chi connectivity index (χ2v) is 1.55. The van der Waals surface area contributed by atoms with E-state index in [1.165, 1.54) is 0 Å². The van der Waals surface area contributed by atoms with Crippen molar-refractivity contribution in [3.8, 4) is 0 Å². The van der Waals surface area contributed by atoms with Gasteiger partial charge in [-0.2, -0.15) is 0 Å². The number of thiol groups is 1. The fourth-order valence-corrected chi connectivity index (χ4v) is 0.382. The summed E-state index contributed by atoms with van der Waals surface area (Å²) >= 11 is 0. The van der Waals surface area contributed by atoms with Crippen LogP contribution in [0.15, 0.2) is 0 Å². The van der Waals surface area contributed by atoms with Gasteiger partial charge in [0.05, 0.1) is 6.61 Å². The summed E-state index contributed by atoms with van der Waals surface area (Å²) in [5, 5.41) is 0. The molecule has 2 N–H and O–H groups in total. The first-order chi connectivity index (χ1) is 3.27. The van der Waals surface area contributed by atoms with Crippen LogP contribution in [-0.4, -0.2) is 67.1 Å². The van der Waals surface area contributed by atoms with Gasteiger partial charge in [-0.05, 0) is 0 Å². The average molecular weight is 215 g/mol. The van der Waals surface area contributed by atoms with E-state index >= 15 is 0 Å². The van der Waals surface area contributed by atoms with Crippen LogP contribution in [0, 0.1) is 0 Å². The molecule has 0 aromatic rings. The van der Waals surface area contributed by atoms with Crippen molar-refractivity contribution in [2.45, 2.75) is 0 Å². The van der Waals surface area contributed by atoms with E-state index in [-0.39, 0.29) is 58.6 Å². The van der Waals surface area contributed by atoms with Crippen molar-refractivity contribution < 1.29 is 12.6 Å². The van der Waals surface area contributed by atoms with Crippen molar-refractivity contribution in [1.82, 2.24) is 0 Å². The first-order valence-electron chi connectivity index (χ1n) is 1.74. The summed E-state index contributed by atoms with van der Waals surface area (Å²) < 4.78 is 23.1. The SMILES string of the molecule is NCCO[SH](=O)=O.[SrH2]. The molecule has 6 heteroatoms. The third kappa shape index (κ3) is 10.4. The van der Waals surface area contributed by atoms with Crippen molar-refractivity contribution in [2.75, 3.05) is 13.2 Å². The average Bonchev–Trinajstić information content (AvgIpc) is 1.61. The van der Waals surface area contributed by atoms with E-state index in [9.17, 15) is 8.42 Å². The van der Waals surface area contributed by atoms with Crippen LogP contribution in [-0.2, 0) is 15.2 Å². The Labute approximate surface area is 86.8 Å². The summed E-state index contributed by atoms with van der Waals surface area (Å²) in [6.45, 7) is 0.321. The zero-order chi connectivity index (χ0) is 5.70. The van der Waals surface area contributed by atoms with Crippen molar-refractivity contribution >= 4 is 56.5 Å². The van der Waals surface area contributed by atoms with Gasteiger partial charge in [0.2, 0.25) is 0 Å². The predicted molar refractivity (Wildman–Crippen MR) is 33.9 cm³/mol. The topological polar surface area (TPSA) is 69.4 Å². The molecular formula is C2H9NO3SSr. The predicted octanol–water partition coefficient (Wildman–Crippen LogP) is -2.43. The summed E-state index contributed by atoms with van der Waals surface area (Å²) in [5.41, 5.74) is 4.88. The van der Waals surface area contributed by atoms with E-state index in [1.54, 1.807) is 0 Å². The molecule has 4 nitrogen and oxygen atoms in total. The number of hydrogen-bond donors (Lipinski definition) is 2. The number of rotatable bonds is 3. The molecule has 0 aromatic carbocycles. The summed E-state index contributed by atoms with van der Waals surface area (Å²) in [5.74, 6) is 0. The molecule has 0 heterocycles. The molecule has 0 fully saturated rings. The van der Waals surface area contributed by atoms with Crippen LogP contribution in [0.3, 0.4) is 0 Å². The Balaban J connectivity index is 0. The molecule has 0 saturated heterocycles. The van der Waals surface area contributed by atoms with Gasteiger partial charge in [-0.1, -0.05) is 0 Å². The normalized spacial score (nSPS) is 8.75. The Hall–Kier alpha value is 1.35. The van der Waals surface area contributed by atoms with Gasteiger partial charge in [-0.3, -0.25) is 4.18 Å². The molecule has 8 heavy (non-hydrogen) atoms. The zero-order valence-electron chi connectivity index (χ0n) is 3.66. The van der Waals surface area contributed by atoms with E-state index in [0.717, 1.165) is 0 Å². The monoisotopic (exact) mass is 215 g/mol. The first-order valence-corrected chi connectivity index (χ1v) is 2.84. The van der Waals surface area contributed by atoms with Gasteiger partial charge in [0.25, 0.3) is 11.0 Å². The van der Waals surface area contributed by atoms with Gasteiger partial charge in [0.1, 0.15) is 0 Å². The Morgan fingerprint density at radius 1 is 1.50 bits per heavy atom. The summed E-state index contributed by atoms with van der Waals surface area (Å²) in [6, 6.07) is 0. The molecule has 0 radical (unpaired) electrons. The van der Waals surface area contributed by atoms with Crippen LogP contribution in [0.4, 0.5) is 0 Å². The minimum atomic E-state index is -2.69. The molecular weight excluding hydrogens is 206 g/mol. The number of hydrogen-bond acceptors (Lipinski definition) is 4. The molecule has 0 atom stereocenters. The van der Waals surface area contributed by atoms with Crippen LogP contribution >= 0.6 is 0 Å². The molecule has 0 aliphatic rings. The molecule has 0 unspecified atom stereocenters. The van der Waals surface area contributed by atoms with Crippen LogP contribution in [0.5, 0.6) is 0 Å². The van der Waals surface area contributed by atoms with E-state index in [2.05, 4.69) is 4.18 Å². The fourth-order valence-electron chi connectivity index (χ4n) is 0.127. The van der Waals surface area contributed by atoms with Gasteiger partial charge >= 0.3 is 45.5 Å². The third-order valence-corrected chi connectivity index (χ3v) is 0.708. The van der Waals surface area contributed by atoms with E-state index < -0.39 is 11.0 Å². The molecule has 0 aliphatic heterocycles. The Bertz CT molecular complexity index is 95.5. The van der Waals surface area contributed by atoms with Crippen molar-refractivity contribution in [2.24, 2.45) is 5.73 Å². The second-order valence-electron chi connectivity index (χ2n) is 0.846. The standard InChI is InChI=1S/C2H7NO3S.Sr.2H/c3-1-2-6-7(4)5;;;/h7H,1-3H2;;;. The summed E-state index contributed by atoms with van der Waals surface area (Å²) in [4.78, 5) is 0. The molecule has 0 spiro atoms. The van der Waals surface area contributed by atoms with Gasteiger partial charge < -0.3 is 5.73 Å². The van der Waals surface area contributed by atoms with Gasteiger partial charge in [0.15, 0.2) is 0 Å². The Kier molecular flexibility index (Phi) is 12.6. The van der Waals surface area contributed by atoms with Gasteiger partial charge in [-0.25, -0.2) is 8.42 Å². The van der Waals surface area contributed by atoms with Crippen molar-refractivity contribution in [3.05, 3.63) is 0 Å². The minimum absolute atomic E-state index is 0.